The molecule has 0 bridgehead atoms. The molecule has 0 saturated heterocycles. The lowest BCUT2D eigenvalue weighted by Gasteiger charge is -2.27. The fourth-order valence-electron chi connectivity index (χ4n) is 2.17. The van der Waals surface area contributed by atoms with Crippen LogP contribution in [0.4, 0.5) is 0 Å². The largest absolute Gasteiger partial charge is 0.336 e. The number of benzene rings is 1. The van der Waals surface area contributed by atoms with Crippen molar-refractivity contribution >= 4 is 17.2 Å². The highest BCUT2D eigenvalue weighted by molar-refractivity contribution is 7.07. The molecule has 1 aromatic carbocycles. The summed E-state index contributed by atoms with van der Waals surface area (Å²) < 4.78 is 0. The van der Waals surface area contributed by atoms with E-state index >= 15 is 0 Å². The molecular formula is C17H21NOS. The second-order valence-electron chi connectivity index (χ2n) is 5.23. The number of carbonyl (C=O) groups is 1. The molecule has 0 aliphatic carbocycles. The second kappa shape index (κ2) is 7.25. The molecule has 1 aromatic heterocycles. The highest BCUT2D eigenvalue weighted by Crippen LogP contribution is 2.13. The molecule has 3 heteroatoms. The summed E-state index contributed by atoms with van der Waals surface area (Å²) in [5.41, 5.74) is 2.44. The van der Waals surface area contributed by atoms with Crippen molar-refractivity contribution in [2.75, 3.05) is 0 Å². The predicted molar refractivity (Wildman–Crippen MR) is 84.8 cm³/mol. The third kappa shape index (κ3) is 4.20. The number of carbonyl (C=O) groups excluding carboxylic acids is 1. The number of aryl methyl sites for hydroxylation is 1. The van der Waals surface area contributed by atoms with Crippen LogP contribution in [0.3, 0.4) is 0 Å². The number of rotatable bonds is 6. The van der Waals surface area contributed by atoms with Crippen LogP contribution in [0.1, 0.15) is 31.4 Å². The summed E-state index contributed by atoms with van der Waals surface area (Å²) in [4.78, 5) is 14.4. The first kappa shape index (κ1) is 14.8. The van der Waals surface area contributed by atoms with Gasteiger partial charge in [0.2, 0.25) is 5.91 Å². The normalized spacial score (nSPS) is 10.8. The first-order chi connectivity index (χ1) is 9.66. The summed E-state index contributed by atoms with van der Waals surface area (Å²) in [7, 11) is 0. The van der Waals surface area contributed by atoms with Gasteiger partial charge in [-0.15, -0.1) is 0 Å². The van der Waals surface area contributed by atoms with Crippen molar-refractivity contribution in [1.82, 2.24) is 4.90 Å². The Morgan fingerprint density at radius 1 is 1.15 bits per heavy atom. The van der Waals surface area contributed by atoms with Gasteiger partial charge in [0.1, 0.15) is 0 Å². The van der Waals surface area contributed by atoms with Gasteiger partial charge in [0, 0.05) is 19.0 Å². The van der Waals surface area contributed by atoms with E-state index in [0.717, 1.165) is 6.42 Å². The summed E-state index contributed by atoms with van der Waals surface area (Å²) in [5.74, 6) is 0.232. The Balaban J connectivity index is 1.95. The minimum atomic E-state index is 0.227. The average Bonchev–Trinajstić information content (AvgIpc) is 2.96. The maximum atomic E-state index is 12.4. The molecule has 0 radical (unpaired) electrons. The monoisotopic (exact) mass is 287 g/mol. The molecule has 0 spiro atoms. The molecule has 0 N–H and O–H groups in total. The highest BCUT2D eigenvalue weighted by Gasteiger charge is 2.17. The van der Waals surface area contributed by atoms with E-state index in [-0.39, 0.29) is 11.9 Å². The van der Waals surface area contributed by atoms with Gasteiger partial charge in [-0.2, -0.15) is 11.3 Å². The lowest BCUT2D eigenvalue weighted by molar-refractivity contribution is -0.133. The van der Waals surface area contributed by atoms with E-state index in [1.807, 2.05) is 23.1 Å². The molecule has 2 nitrogen and oxygen atoms in total. The van der Waals surface area contributed by atoms with Crippen LogP contribution in [0.5, 0.6) is 0 Å². The first-order valence-electron chi connectivity index (χ1n) is 7.01. The number of amides is 1. The fourth-order valence-corrected chi connectivity index (χ4v) is 2.87. The molecule has 0 aliphatic heterocycles. The number of hydrogen-bond donors (Lipinski definition) is 0. The Bertz CT molecular complexity index is 519. The minimum absolute atomic E-state index is 0.227. The average molecular weight is 287 g/mol. The molecule has 1 heterocycles. The molecule has 2 aromatic rings. The Morgan fingerprint density at radius 2 is 1.90 bits per heavy atom. The Morgan fingerprint density at radius 3 is 2.50 bits per heavy atom. The van der Waals surface area contributed by atoms with Crippen LogP contribution in [0.2, 0.25) is 0 Å². The van der Waals surface area contributed by atoms with Crippen molar-refractivity contribution < 1.29 is 4.79 Å². The van der Waals surface area contributed by atoms with E-state index in [4.69, 9.17) is 0 Å². The minimum Gasteiger partial charge on any atom is -0.336 e. The van der Waals surface area contributed by atoms with Crippen molar-refractivity contribution in [1.29, 1.82) is 0 Å². The van der Waals surface area contributed by atoms with Gasteiger partial charge in [-0.25, -0.2) is 0 Å². The molecule has 20 heavy (non-hydrogen) atoms. The van der Waals surface area contributed by atoms with E-state index in [1.165, 1.54) is 11.1 Å². The quantitative estimate of drug-likeness (QED) is 0.782. The predicted octanol–water partition coefficient (Wildman–Crippen LogP) is 4.12. The summed E-state index contributed by atoms with van der Waals surface area (Å²) >= 11 is 1.68. The van der Waals surface area contributed by atoms with Crippen LogP contribution in [-0.2, 0) is 17.8 Å². The smallest absolute Gasteiger partial charge is 0.223 e. The van der Waals surface area contributed by atoms with Crippen LogP contribution in [0.15, 0.2) is 47.2 Å². The van der Waals surface area contributed by atoms with Gasteiger partial charge in [-0.3, -0.25) is 4.79 Å². The summed E-state index contributed by atoms with van der Waals surface area (Å²) in [6.07, 6.45) is 1.42. The molecule has 0 saturated carbocycles. The SMILES string of the molecule is CC(C)N(Cc1ccccc1)C(=O)CCc1ccsc1. The van der Waals surface area contributed by atoms with E-state index in [1.54, 1.807) is 11.3 Å². The van der Waals surface area contributed by atoms with Gasteiger partial charge >= 0.3 is 0 Å². The highest BCUT2D eigenvalue weighted by atomic mass is 32.1. The Kier molecular flexibility index (Phi) is 5.36. The number of nitrogens with zero attached hydrogens (tertiary/aromatic N) is 1. The van der Waals surface area contributed by atoms with Gasteiger partial charge in [0.05, 0.1) is 0 Å². The third-order valence-electron chi connectivity index (χ3n) is 3.35. The maximum Gasteiger partial charge on any atom is 0.223 e. The second-order valence-corrected chi connectivity index (χ2v) is 6.01. The zero-order valence-corrected chi connectivity index (χ0v) is 12.9. The van der Waals surface area contributed by atoms with Gasteiger partial charge in [0.15, 0.2) is 0 Å². The lowest BCUT2D eigenvalue weighted by atomic mass is 10.1. The van der Waals surface area contributed by atoms with Gasteiger partial charge in [0.25, 0.3) is 0 Å². The zero-order valence-electron chi connectivity index (χ0n) is 12.1. The number of hydrogen-bond acceptors (Lipinski definition) is 2. The van der Waals surface area contributed by atoms with E-state index in [9.17, 15) is 4.79 Å². The molecule has 0 atom stereocenters. The molecule has 2 rings (SSSR count). The zero-order chi connectivity index (χ0) is 14.4. The van der Waals surface area contributed by atoms with Gasteiger partial charge < -0.3 is 4.90 Å². The topological polar surface area (TPSA) is 20.3 Å². The van der Waals surface area contributed by atoms with Crippen molar-refractivity contribution in [3.8, 4) is 0 Å². The van der Waals surface area contributed by atoms with Crippen LogP contribution < -0.4 is 0 Å². The lowest BCUT2D eigenvalue weighted by Crippen LogP contribution is -2.36. The van der Waals surface area contributed by atoms with Crippen LogP contribution in [0.25, 0.3) is 0 Å². The molecule has 0 fully saturated rings. The summed E-state index contributed by atoms with van der Waals surface area (Å²) in [6.45, 7) is 4.85. The Labute approximate surface area is 125 Å². The number of thiophene rings is 1. The standard InChI is InChI=1S/C17H21NOS/c1-14(2)18(12-15-6-4-3-5-7-15)17(19)9-8-16-10-11-20-13-16/h3-7,10-11,13-14H,8-9,12H2,1-2H3. The van der Waals surface area contributed by atoms with E-state index < -0.39 is 0 Å². The van der Waals surface area contributed by atoms with Crippen LogP contribution in [0, 0.1) is 0 Å². The Hall–Kier alpha value is -1.61. The van der Waals surface area contributed by atoms with Gasteiger partial charge in [-0.1, -0.05) is 30.3 Å². The fraction of sp³-hybridized carbons (Fsp3) is 0.353. The van der Waals surface area contributed by atoms with Crippen molar-refractivity contribution in [2.45, 2.75) is 39.3 Å². The van der Waals surface area contributed by atoms with Crippen LogP contribution >= 0.6 is 11.3 Å². The van der Waals surface area contributed by atoms with Crippen molar-refractivity contribution in [2.24, 2.45) is 0 Å². The maximum absolute atomic E-state index is 12.4. The molecular weight excluding hydrogens is 266 g/mol. The summed E-state index contributed by atoms with van der Waals surface area (Å²) in [6, 6.07) is 12.5. The van der Waals surface area contributed by atoms with Crippen molar-refractivity contribution in [3.05, 3.63) is 58.3 Å². The molecule has 106 valence electrons. The molecule has 1 amide bonds. The van der Waals surface area contributed by atoms with Gasteiger partial charge in [-0.05, 0) is 48.2 Å². The van der Waals surface area contributed by atoms with Crippen LogP contribution in [-0.4, -0.2) is 16.8 Å². The molecule has 0 aliphatic rings. The third-order valence-corrected chi connectivity index (χ3v) is 4.08. The van der Waals surface area contributed by atoms with E-state index in [0.29, 0.717) is 13.0 Å². The van der Waals surface area contributed by atoms with Crippen molar-refractivity contribution in [3.63, 3.8) is 0 Å². The van der Waals surface area contributed by atoms with E-state index in [2.05, 4.69) is 42.8 Å². The molecule has 0 unspecified atom stereocenters. The summed E-state index contributed by atoms with van der Waals surface area (Å²) in [5, 5.41) is 4.17. The first-order valence-corrected chi connectivity index (χ1v) is 7.95.